The number of amides is 2. The molecule has 1 aromatic carbocycles. The lowest BCUT2D eigenvalue weighted by Gasteiger charge is -2.32. The van der Waals surface area contributed by atoms with Crippen LogP contribution in [0.2, 0.25) is 0 Å². The molecule has 2 rings (SSSR count). The Kier molecular flexibility index (Phi) is 3.26. The van der Waals surface area contributed by atoms with Crippen LogP contribution < -0.4 is 10.6 Å². The number of fused-ring (bicyclic) bond motifs is 1. The van der Waals surface area contributed by atoms with Crippen LogP contribution in [0.5, 0.6) is 0 Å². The zero-order chi connectivity index (χ0) is 14.0. The molecule has 0 fully saturated rings. The largest absolute Gasteiger partial charge is 0.326 e. The van der Waals surface area contributed by atoms with Crippen LogP contribution in [0.15, 0.2) is 18.2 Å². The van der Waals surface area contributed by atoms with E-state index < -0.39 is 0 Å². The summed E-state index contributed by atoms with van der Waals surface area (Å²) in [5, 5.41) is 13.9. The number of hydrogen-bond acceptors (Lipinski definition) is 3. The quantitative estimate of drug-likeness (QED) is 0.851. The van der Waals surface area contributed by atoms with E-state index in [9.17, 15) is 9.59 Å². The molecule has 5 nitrogen and oxygen atoms in total. The Morgan fingerprint density at radius 2 is 2.26 bits per heavy atom. The lowest BCUT2D eigenvalue weighted by Crippen LogP contribution is -2.32. The summed E-state index contributed by atoms with van der Waals surface area (Å²) in [5.41, 5.74) is 2.14. The Balaban J connectivity index is 2.31. The van der Waals surface area contributed by atoms with Crippen molar-refractivity contribution in [2.24, 2.45) is 0 Å². The van der Waals surface area contributed by atoms with E-state index >= 15 is 0 Å². The Hall–Kier alpha value is -2.35. The molecule has 98 valence electrons. The van der Waals surface area contributed by atoms with Crippen molar-refractivity contribution in [3.63, 3.8) is 0 Å². The molecule has 1 aromatic rings. The fraction of sp³-hybridized carbons (Fsp3) is 0.357. The molecule has 1 heterocycles. The Morgan fingerprint density at radius 1 is 1.53 bits per heavy atom. The van der Waals surface area contributed by atoms with E-state index in [1.165, 1.54) is 0 Å². The first kappa shape index (κ1) is 13.1. The van der Waals surface area contributed by atoms with Crippen molar-refractivity contribution in [2.45, 2.75) is 32.1 Å². The van der Waals surface area contributed by atoms with Gasteiger partial charge in [0, 0.05) is 23.2 Å². The smallest absolute Gasteiger partial charge is 0.238 e. The van der Waals surface area contributed by atoms with E-state index in [1.54, 1.807) is 18.2 Å². The maximum atomic E-state index is 11.6. The summed E-state index contributed by atoms with van der Waals surface area (Å²) in [6, 6.07) is 7.15. The van der Waals surface area contributed by atoms with Crippen LogP contribution in [-0.4, -0.2) is 11.8 Å². The van der Waals surface area contributed by atoms with Crippen molar-refractivity contribution in [3.05, 3.63) is 23.8 Å². The number of carbonyl (C=O) groups excluding carboxylic acids is 2. The van der Waals surface area contributed by atoms with Crippen molar-refractivity contribution in [1.82, 2.24) is 0 Å². The standard InChI is InChI=1S/C14H15N3O2/c1-14(2)8-13(19)17-11-4-3-9(7-10(11)14)16-12(18)5-6-15/h3-4,7H,5,8H2,1-2H3,(H,16,18)(H,17,19). The van der Waals surface area contributed by atoms with Crippen LogP contribution in [0.3, 0.4) is 0 Å². The second kappa shape index (κ2) is 4.73. The highest BCUT2D eigenvalue weighted by molar-refractivity contribution is 5.97. The number of benzene rings is 1. The van der Waals surface area contributed by atoms with Gasteiger partial charge in [-0.15, -0.1) is 0 Å². The Bertz CT molecular complexity index is 585. The Morgan fingerprint density at radius 3 is 2.95 bits per heavy atom. The topological polar surface area (TPSA) is 82.0 Å². The minimum absolute atomic E-state index is 0.00114. The van der Waals surface area contributed by atoms with Crippen molar-refractivity contribution in [2.75, 3.05) is 10.6 Å². The van der Waals surface area contributed by atoms with E-state index in [4.69, 9.17) is 5.26 Å². The molecular formula is C14H15N3O2. The van der Waals surface area contributed by atoms with Gasteiger partial charge in [-0.1, -0.05) is 13.8 Å². The van der Waals surface area contributed by atoms with Crippen LogP contribution in [0, 0.1) is 11.3 Å². The van der Waals surface area contributed by atoms with E-state index in [2.05, 4.69) is 10.6 Å². The summed E-state index contributed by atoms with van der Waals surface area (Å²) in [7, 11) is 0. The van der Waals surface area contributed by atoms with Gasteiger partial charge >= 0.3 is 0 Å². The molecule has 0 spiro atoms. The third-order valence-corrected chi connectivity index (χ3v) is 3.15. The molecule has 0 saturated carbocycles. The maximum Gasteiger partial charge on any atom is 0.238 e. The molecule has 5 heteroatoms. The SMILES string of the molecule is CC1(C)CC(=O)Nc2ccc(NC(=O)CC#N)cc21. The lowest BCUT2D eigenvalue weighted by molar-refractivity contribution is -0.117. The molecule has 1 aliphatic rings. The number of nitrogens with zero attached hydrogens (tertiary/aromatic N) is 1. The highest BCUT2D eigenvalue weighted by Gasteiger charge is 2.31. The van der Waals surface area contributed by atoms with Crippen molar-refractivity contribution < 1.29 is 9.59 Å². The van der Waals surface area contributed by atoms with Crippen molar-refractivity contribution >= 4 is 23.2 Å². The predicted octanol–water partition coefficient (Wildman–Crippen LogP) is 2.16. The van der Waals surface area contributed by atoms with Crippen LogP contribution in [0.25, 0.3) is 0 Å². The second-order valence-electron chi connectivity index (χ2n) is 5.25. The third kappa shape index (κ3) is 2.74. The maximum absolute atomic E-state index is 11.6. The average Bonchev–Trinajstić information content (AvgIpc) is 2.29. The molecule has 0 aliphatic carbocycles. The summed E-state index contributed by atoms with van der Waals surface area (Å²) in [6.07, 6.45) is 0.243. The molecular weight excluding hydrogens is 242 g/mol. The zero-order valence-electron chi connectivity index (χ0n) is 10.9. The van der Waals surface area contributed by atoms with E-state index in [0.29, 0.717) is 12.1 Å². The summed E-state index contributed by atoms with van der Waals surface area (Å²) >= 11 is 0. The number of hydrogen-bond donors (Lipinski definition) is 2. The van der Waals surface area contributed by atoms with Gasteiger partial charge in [0.2, 0.25) is 11.8 Å². The summed E-state index contributed by atoms with van der Waals surface area (Å²) < 4.78 is 0. The number of nitrogens with one attached hydrogen (secondary N) is 2. The van der Waals surface area contributed by atoms with Crippen LogP contribution in [0.1, 0.15) is 32.3 Å². The first-order valence-corrected chi connectivity index (χ1v) is 6.03. The van der Waals surface area contributed by atoms with Gasteiger partial charge in [0.05, 0.1) is 6.07 Å². The molecule has 0 unspecified atom stereocenters. The second-order valence-corrected chi connectivity index (χ2v) is 5.25. The van der Waals surface area contributed by atoms with E-state index in [1.807, 2.05) is 19.9 Å². The summed E-state index contributed by atoms with van der Waals surface area (Å²) in [5.74, 6) is -0.334. The minimum Gasteiger partial charge on any atom is -0.326 e. The lowest BCUT2D eigenvalue weighted by atomic mass is 9.78. The first-order valence-electron chi connectivity index (χ1n) is 6.03. The molecule has 1 aliphatic heterocycles. The molecule has 0 saturated heterocycles. The summed E-state index contributed by atoms with van der Waals surface area (Å²) in [4.78, 5) is 23.0. The molecule has 2 amide bonds. The molecule has 0 bridgehead atoms. The molecule has 2 N–H and O–H groups in total. The van der Waals surface area contributed by atoms with Gasteiger partial charge in [-0.2, -0.15) is 5.26 Å². The highest BCUT2D eigenvalue weighted by Crippen LogP contribution is 2.38. The van der Waals surface area contributed by atoms with Gasteiger partial charge in [-0.05, 0) is 23.8 Å². The van der Waals surface area contributed by atoms with Gasteiger partial charge < -0.3 is 10.6 Å². The first-order chi connectivity index (χ1) is 8.92. The van der Waals surface area contributed by atoms with Gasteiger partial charge in [-0.3, -0.25) is 9.59 Å². The average molecular weight is 257 g/mol. The van der Waals surface area contributed by atoms with Crippen LogP contribution in [-0.2, 0) is 15.0 Å². The number of anilines is 2. The van der Waals surface area contributed by atoms with E-state index in [0.717, 1.165) is 11.3 Å². The highest BCUT2D eigenvalue weighted by atomic mass is 16.2. The van der Waals surface area contributed by atoms with Crippen LogP contribution in [0.4, 0.5) is 11.4 Å². The predicted molar refractivity (Wildman–Crippen MR) is 71.6 cm³/mol. The molecule has 0 radical (unpaired) electrons. The van der Waals surface area contributed by atoms with Crippen molar-refractivity contribution in [3.8, 4) is 6.07 Å². The monoisotopic (exact) mass is 257 g/mol. The Labute approximate surface area is 111 Å². The molecule has 19 heavy (non-hydrogen) atoms. The van der Waals surface area contributed by atoms with E-state index in [-0.39, 0.29) is 23.7 Å². The molecule has 0 atom stereocenters. The van der Waals surface area contributed by atoms with Crippen molar-refractivity contribution in [1.29, 1.82) is 5.26 Å². The van der Waals surface area contributed by atoms with Crippen LogP contribution >= 0.6 is 0 Å². The van der Waals surface area contributed by atoms with Gasteiger partial charge in [0.1, 0.15) is 6.42 Å². The molecule has 0 aromatic heterocycles. The zero-order valence-corrected chi connectivity index (χ0v) is 10.9. The number of rotatable bonds is 2. The number of nitriles is 1. The summed E-state index contributed by atoms with van der Waals surface area (Å²) in [6.45, 7) is 3.98. The fourth-order valence-electron chi connectivity index (χ4n) is 2.26. The normalized spacial score (nSPS) is 15.9. The third-order valence-electron chi connectivity index (χ3n) is 3.15. The number of carbonyl (C=O) groups is 2. The van der Waals surface area contributed by atoms with Gasteiger partial charge in [0.15, 0.2) is 0 Å². The minimum atomic E-state index is -0.333. The van der Waals surface area contributed by atoms with Gasteiger partial charge in [0.25, 0.3) is 0 Å². The fourth-order valence-corrected chi connectivity index (χ4v) is 2.26. The van der Waals surface area contributed by atoms with Gasteiger partial charge in [-0.25, -0.2) is 0 Å².